The molecular weight excluding hydrogens is 307 g/mol. The topological polar surface area (TPSA) is 43.8 Å². The predicted molar refractivity (Wildman–Crippen MR) is 93.0 cm³/mol. The number of halogens is 1. The number of hydrogen-bond donors (Lipinski definition) is 1. The summed E-state index contributed by atoms with van der Waals surface area (Å²) in [6.07, 6.45) is 2.34. The van der Waals surface area contributed by atoms with E-state index < -0.39 is 6.10 Å². The second-order valence-corrected chi connectivity index (χ2v) is 6.73. The molecular formula is C19H29FN2O2. The first-order chi connectivity index (χ1) is 11.5. The van der Waals surface area contributed by atoms with E-state index in [9.17, 15) is 14.3 Å². The molecule has 1 aromatic carbocycles. The molecule has 1 amide bonds. The van der Waals surface area contributed by atoms with Crippen LogP contribution in [-0.2, 0) is 11.3 Å². The summed E-state index contributed by atoms with van der Waals surface area (Å²) in [5.74, 6) is 0.265. The fourth-order valence-electron chi connectivity index (χ4n) is 3.31. The van der Waals surface area contributed by atoms with Crippen molar-refractivity contribution in [3.63, 3.8) is 0 Å². The maximum atomic E-state index is 12.9. The van der Waals surface area contributed by atoms with Crippen molar-refractivity contribution < 1.29 is 14.3 Å². The van der Waals surface area contributed by atoms with Crippen LogP contribution in [0.25, 0.3) is 0 Å². The van der Waals surface area contributed by atoms with Gasteiger partial charge in [0, 0.05) is 19.6 Å². The van der Waals surface area contributed by atoms with Crippen LogP contribution in [0.5, 0.6) is 0 Å². The summed E-state index contributed by atoms with van der Waals surface area (Å²) in [4.78, 5) is 16.0. The molecule has 0 aromatic heterocycles. The molecule has 2 rings (SSSR count). The summed E-state index contributed by atoms with van der Waals surface area (Å²) >= 11 is 0. The number of carbonyl (C=O) groups excluding carboxylic acids is 1. The van der Waals surface area contributed by atoms with Gasteiger partial charge < -0.3 is 10.0 Å². The lowest BCUT2D eigenvalue weighted by Gasteiger charge is -2.33. The van der Waals surface area contributed by atoms with Crippen LogP contribution in [0.2, 0.25) is 0 Å². The Kier molecular flexibility index (Phi) is 7.18. The highest BCUT2D eigenvalue weighted by molar-refractivity contribution is 5.80. The van der Waals surface area contributed by atoms with Crippen LogP contribution >= 0.6 is 0 Å². The van der Waals surface area contributed by atoms with Crippen LogP contribution in [0.1, 0.15) is 38.7 Å². The van der Waals surface area contributed by atoms with Crippen LogP contribution in [0, 0.1) is 11.7 Å². The maximum absolute atomic E-state index is 12.9. The normalized spacial score (nSPS) is 17.7. The zero-order valence-corrected chi connectivity index (χ0v) is 14.7. The zero-order valence-electron chi connectivity index (χ0n) is 14.7. The Balaban J connectivity index is 1.72. The smallest absolute Gasteiger partial charge is 0.251 e. The number of rotatable bonds is 7. The molecule has 5 heteroatoms. The van der Waals surface area contributed by atoms with E-state index in [2.05, 4.69) is 4.90 Å². The lowest BCUT2D eigenvalue weighted by atomic mass is 9.93. The minimum absolute atomic E-state index is 0.175. The van der Waals surface area contributed by atoms with E-state index in [0.717, 1.165) is 51.0 Å². The molecule has 0 radical (unpaired) electrons. The standard InChI is InChI=1S/C19H29FN2O2/c1-3-22(19(24)15(2)23)13-10-16-8-11-21(12-9-16)14-17-4-6-18(20)7-5-17/h4-7,15-16,23H,3,8-14H2,1-2H3. The van der Waals surface area contributed by atoms with E-state index in [0.29, 0.717) is 12.5 Å². The summed E-state index contributed by atoms with van der Waals surface area (Å²) in [6.45, 7) is 7.80. The molecule has 1 heterocycles. The molecule has 1 saturated heterocycles. The van der Waals surface area contributed by atoms with Crippen molar-refractivity contribution in [2.24, 2.45) is 5.92 Å². The molecule has 0 bridgehead atoms. The number of aliphatic hydroxyl groups excluding tert-OH is 1. The first-order valence-corrected chi connectivity index (χ1v) is 8.93. The molecule has 1 aromatic rings. The van der Waals surface area contributed by atoms with Crippen molar-refractivity contribution in [1.82, 2.24) is 9.80 Å². The summed E-state index contributed by atoms with van der Waals surface area (Å²) in [5, 5.41) is 9.43. The number of benzene rings is 1. The Hall–Kier alpha value is -1.46. The molecule has 1 atom stereocenters. The molecule has 134 valence electrons. The first kappa shape index (κ1) is 18.9. The van der Waals surface area contributed by atoms with Gasteiger partial charge in [-0.1, -0.05) is 12.1 Å². The monoisotopic (exact) mass is 336 g/mol. The van der Waals surface area contributed by atoms with E-state index >= 15 is 0 Å². The van der Waals surface area contributed by atoms with Gasteiger partial charge in [-0.25, -0.2) is 4.39 Å². The van der Waals surface area contributed by atoms with Gasteiger partial charge in [0.2, 0.25) is 0 Å². The third kappa shape index (κ3) is 5.56. The average Bonchev–Trinajstić information content (AvgIpc) is 2.58. The van der Waals surface area contributed by atoms with Gasteiger partial charge >= 0.3 is 0 Å². The number of likely N-dealkylation sites (tertiary alicyclic amines) is 1. The number of piperidine rings is 1. The van der Waals surface area contributed by atoms with Gasteiger partial charge in [-0.05, 0) is 69.8 Å². The maximum Gasteiger partial charge on any atom is 0.251 e. The number of aliphatic hydroxyl groups is 1. The lowest BCUT2D eigenvalue weighted by molar-refractivity contribution is -0.139. The van der Waals surface area contributed by atoms with E-state index in [-0.39, 0.29) is 11.7 Å². The zero-order chi connectivity index (χ0) is 17.5. The van der Waals surface area contributed by atoms with Crippen LogP contribution in [0.4, 0.5) is 4.39 Å². The minimum Gasteiger partial charge on any atom is -0.384 e. The molecule has 24 heavy (non-hydrogen) atoms. The SMILES string of the molecule is CCN(CCC1CCN(Cc2ccc(F)cc2)CC1)C(=O)C(C)O. The second kappa shape index (κ2) is 9.14. The molecule has 0 aliphatic carbocycles. The predicted octanol–water partition coefficient (Wildman–Crippen LogP) is 2.66. The van der Waals surface area contributed by atoms with Gasteiger partial charge in [-0.2, -0.15) is 0 Å². The van der Waals surface area contributed by atoms with Gasteiger partial charge in [0.15, 0.2) is 0 Å². The van der Waals surface area contributed by atoms with E-state index in [1.165, 1.54) is 19.1 Å². The second-order valence-electron chi connectivity index (χ2n) is 6.73. The third-order valence-corrected chi connectivity index (χ3v) is 4.88. The molecule has 1 aliphatic rings. The van der Waals surface area contributed by atoms with Crippen LogP contribution in [-0.4, -0.2) is 53.1 Å². The van der Waals surface area contributed by atoms with Gasteiger partial charge in [-0.3, -0.25) is 9.69 Å². The summed E-state index contributed by atoms with van der Waals surface area (Å²) in [6, 6.07) is 6.73. The Bertz CT molecular complexity index is 511. The van der Waals surface area contributed by atoms with Gasteiger partial charge in [-0.15, -0.1) is 0 Å². The summed E-state index contributed by atoms with van der Waals surface area (Å²) < 4.78 is 12.9. The molecule has 1 N–H and O–H groups in total. The fraction of sp³-hybridized carbons (Fsp3) is 0.632. The highest BCUT2D eigenvalue weighted by atomic mass is 19.1. The highest BCUT2D eigenvalue weighted by Gasteiger charge is 2.22. The first-order valence-electron chi connectivity index (χ1n) is 8.93. The average molecular weight is 336 g/mol. The number of amides is 1. The van der Waals surface area contributed by atoms with E-state index in [4.69, 9.17) is 0 Å². The van der Waals surface area contributed by atoms with Crippen molar-refractivity contribution >= 4 is 5.91 Å². The Labute approximate surface area is 144 Å². The van der Waals surface area contributed by atoms with Crippen LogP contribution in [0.15, 0.2) is 24.3 Å². The van der Waals surface area contributed by atoms with Gasteiger partial charge in [0.1, 0.15) is 11.9 Å². The van der Waals surface area contributed by atoms with Gasteiger partial charge in [0.05, 0.1) is 0 Å². The summed E-state index contributed by atoms with van der Waals surface area (Å²) in [7, 11) is 0. The van der Waals surface area contributed by atoms with Crippen LogP contribution in [0.3, 0.4) is 0 Å². The molecule has 1 fully saturated rings. The quantitative estimate of drug-likeness (QED) is 0.832. The van der Waals surface area contributed by atoms with Crippen LogP contribution < -0.4 is 0 Å². The number of carbonyl (C=O) groups is 1. The number of hydrogen-bond acceptors (Lipinski definition) is 3. The Morgan fingerprint density at radius 3 is 2.50 bits per heavy atom. The molecule has 4 nitrogen and oxygen atoms in total. The lowest BCUT2D eigenvalue weighted by Crippen LogP contribution is -2.40. The minimum atomic E-state index is -0.914. The summed E-state index contributed by atoms with van der Waals surface area (Å²) in [5.41, 5.74) is 1.15. The van der Waals surface area contributed by atoms with Crippen molar-refractivity contribution in [1.29, 1.82) is 0 Å². The van der Waals surface area contributed by atoms with Crippen molar-refractivity contribution in [3.05, 3.63) is 35.6 Å². The fourth-order valence-corrected chi connectivity index (χ4v) is 3.31. The Morgan fingerprint density at radius 2 is 1.96 bits per heavy atom. The van der Waals surface area contributed by atoms with Gasteiger partial charge in [0.25, 0.3) is 5.91 Å². The largest absolute Gasteiger partial charge is 0.384 e. The molecule has 0 saturated carbocycles. The van der Waals surface area contributed by atoms with Crippen molar-refractivity contribution in [2.75, 3.05) is 26.2 Å². The molecule has 0 spiro atoms. The van der Waals surface area contributed by atoms with E-state index in [1.54, 1.807) is 4.90 Å². The number of likely N-dealkylation sites (N-methyl/N-ethyl adjacent to an activating group) is 1. The third-order valence-electron chi connectivity index (χ3n) is 4.88. The molecule has 1 unspecified atom stereocenters. The number of nitrogens with zero attached hydrogens (tertiary/aromatic N) is 2. The van der Waals surface area contributed by atoms with Crippen molar-refractivity contribution in [3.8, 4) is 0 Å². The highest BCUT2D eigenvalue weighted by Crippen LogP contribution is 2.22. The van der Waals surface area contributed by atoms with Crippen molar-refractivity contribution in [2.45, 2.75) is 45.8 Å². The Morgan fingerprint density at radius 1 is 1.33 bits per heavy atom. The van der Waals surface area contributed by atoms with E-state index in [1.807, 2.05) is 19.1 Å². The molecule has 1 aliphatic heterocycles.